The molecule has 1 amide bonds. The standard InChI is InChI=1S/C16H17F2N3OS/c1-9-7-10(5-6-19-9)20-15(22)13-8-23-16(21-13)14-11(17)3-2-4-12(14)18/h2-4,8-10,19H,5-7H2,1H3,(H,20,22). The van der Waals surface area contributed by atoms with Crippen LogP contribution in [0.5, 0.6) is 0 Å². The van der Waals surface area contributed by atoms with Crippen LogP contribution in [0, 0.1) is 11.6 Å². The molecule has 1 saturated heterocycles. The molecule has 2 atom stereocenters. The first-order valence-electron chi connectivity index (χ1n) is 7.48. The third-order valence-electron chi connectivity index (χ3n) is 3.87. The van der Waals surface area contributed by atoms with E-state index in [0.29, 0.717) is 6.04 Å². The van der Waals surface area contributed by atoms with E-state index in [1.807, 2.05) is 0 Å². The van der Waals surface area contributed by atoms with E-state index in [0.717, 1.165) is 30.7 Å². The molecule has 2 aromatic rings. The number of benzene rings is 1. The zero-order valence-electron chi connectivity index (χ0n) is 12.6. The second kappa shape index (κ2) is 6.72. The van der Waals surface area contributed by atoms with Gasteiger partial charge in [0.25, 0.3) is 5.91 Å². The minimum Gasteiger partial charge on any atom is -0.348 e. The van der Waals surface area contributed by atoms with Gasteiger partial charge in [-0.3, -0.25) is 4.79 Å². The van der Waals surface area contributed by atoms with Gasteiger partial charge in [0.15, 0.2) is 0 Å². The maximum absolute atomic E-state index is 13.8. The Kier molecular flexibility index (Phi) is 4.68. The highest BCUT2D eigenvalue weighted by Gasteiger charge is 2.22. The normalized spacial score (nSPS) is 21.2. The zero-order chi connectivity index (χ0) is 16.4. The van der Waals surface area contributed by atoms with Gasteiger partial charge in [0.05, 0.1) is 5.56 Å². The van der Waals surface area contributed by atoms with Crippen molar-refractivity contribution in [2.75, 3.05) is 6.54 Å². The Hall–Kier alpha value is -1.86. The molecule has 1 aromatic heterocycles. The molecule has 0 spiro atoms. The van der Waals surface area contributed by atoms with Gasteiger partial charge in [-0.2, -0.15) is 0 Å². The topological polar surface area (TPSA) is 54.0 Å². The molecular formula is C16H17F2N3OS. The monoisotopic (exact) mass is 337 g/mol. The summed E-state index contributed by atoms with van der Waals surface area (Å²) in [5, 5.41) is 7.95. The number of piperidine rings is 1. The van der Waals surface area contributed by atoms with Gasteiger partial charge < -0.3 is 10.6 Å². The number of rotatable bonds is 3. The number of thiazole rings is 1. The van der Waals surface area contributed by atoms with E-state index >= 15 is 0 Å². The smallest absolute Gasteiger partial charge is 0.270 e. The van der Waals surface area contributed by atoms with Crippen LogP contribution in [0.4, 0.5) is 8.78 Å². The SMILES string of the molecule is CC1CC(NC(=O)c2csc(-c3c(F)cccc3F)n2)CCN1. The van der Waals surface area contributed by atoms with Crippen LogP contribution in [0.1, 0.15) is 30.3 Å². The van der Waals surface area contributed by atoms with Gasteiger partial charge in [-0.05, 0) is 38.4 Å². The highest BCUT2D eigenvalue weighted by atomic mass is 32.1. The van der Waals surface area contributed by atoms with E-state index in [4.69, 9.17) is 0 Å². The van der Waals surface area contributed by atoms with Crippen LogP contribution in [0.3, 0.4) is 0 Å². The van der Waals surface area contributed by atoms with E-state index < -0.39 is 11.6 Å². The second-order valence-corrected chi connectivity index (χ2v) is 6.54. The summed E-state index contributed by atoms with van der Waals surface area (Å²) in [5.41, 5.74) is 0.00544. The van der Waals surface area contributed by atoms with Crippen molar-refractivity contribution in [1.29, 1.82) is 0 Å². The first kappa shape index (κ1) is 16.0. The average molecular weight is 337 g/mol. The number of hydrogen-bond acceptors (Lipinski definition) is 4. The summed E-state index contributed by atoms with van der Waals surface area (Å²) in [6.45, 7) is 2.93. The van der Waals surface area contributed by atoms with E-state index in [2.05, 4.69) is 22.5 Å². The molecule has 23 heavy (non-hydrogen) atoms. The molecule has 2 N–H and O–H groups in total. The lowest BCUT2D eigenvalue weighted by molar-refractivity contribution is 0.0921. The van der Waals surface area contributed by atoms with Gasteiger partial charge in [-0.15, -0.1) is 11.3 Å². The third-order valence-corrected chi connectivity index (χ3v) is 4.73. The van der Waals surface area contributed by atoms with Crippen LogP contribution < -0.4 is 10.6 Å². The molecular weight excluding hydrogens is 320 g/mol. The van der Waals surface area contributed by atoms with Crippen LogP contribution in [-0.4, -0.2) is 29.5 Å². The van der Waals surface area contributed by atoms with Crippen molar-refractivity contribution in [3.05, 3.63) is 40.9 Å². The number of carbonyl (C=O) groups excluding carboxylic acids is 1. The van der Waals surface area contributed by atoms with E-state index in [1.165, 1.54) is 23.6 Å². The lowest BCUT2D eigenvalue weighted by Gasteiger charge is -2.28. The number of hydrogen-bond donors (Lipinski definition) is 2. The Labute approximate surface area is 136 Å². The summed E-state index contributed by atoms with van der Waals surface area (Å²) in [4.78, 5) is 16.4. The predicted octanol–water partition coefficient (Wildman–Crippen LogP) is 2.96. The van der Waals surface area contributed by atoms with Crippen molar-refractivity contribution in [3.63, 3.8) is 0 Å². The van der Waals surface area contributed by atoms with E-state index in [9.17, 15) is 13.6 Å². The highest BCUT2D eigenvalue weighted by Crippen LogP contribution is 2.28. The summed E-state index contributed by atoms with van der Waals surface area (Å²) in [5.74, 6) is -1.67. The lowest BCUT2D eigenvalue weighted by atomic mass is 10.0. The maximum Gasteiger partial charge on any atom is 0.270 e. The van der Waals surface area contributed by atoms with Crippen LogP contribution in [0.15, 0.2) is 23.6 Å². The van der Waals surface area contributed by atoms with E-state index in [1.54, 1.807) is 0 Å². The number of carbonyl (C=O) groups is 1. The first-order valence-corrected chi connectivity index (χ1v) is 8.36. The quantitative estimate of drug-likeness (QED) is 0.905. The van der Waals surface area contributed by atoms with Crippen LogP contribution in [-0.2, 0) is 0 Å². The molecule has 4 nitrogen and oxygen atoms in total. The molecule has 1 aromatic carbocycles. The molecule has 0 bridgehead atoms. The van der Waals surface area contributed by atoms with Gasteiger partial charge in [0, 0.05) is 17.5 Å². The molecule has 122 valence electrons. The summed E-state index contributed by atoms with van der Waals surface area (Å²) in [7, 11) is 0. The Morgan fingerprint density at radius 1 is 1.39 bits per heavy atom. The van der Waals surface area contributed by atoms with Crippen molar-refractivity contribution >= 4 is 17.2 Å². The molecule has 3 rings (SSSR count). The lowest BCUT2D eigenvalue weighted by Crippen LogP contribution is -2.46. The summed E-state index contributed by atoms with van der Waals surface area (Å²) >= 11 is 1.06. The molecule has 1 aliphatic rings. The average Bonchev–Trinajstić information content (AvgIpc) is 2.97. The molecule has 1 fully saturated rings. The first-order chi connectivity index (χ1) is 11.0. The summed E-state index contributed by atoms with van der Waals surface area (Å²) in [6, 6.07) is 4.10. The maximum atomic E-state index is 13.8. The van der Waals surface area contributed by atoms with Gasteiger partial charge in [0.1, 0.15) is 22.3 Å². The molecule has 2 unspecified atom stereocenters. The van der Waals surface area contributed by atoms with Crippen LogP contribution in [0.2, 0.25) is 0 Å². The number of aromatic nitrogens is 1. The Morgan fingerprint density at radius 3 is 2.83 bits per heavy atom. The number of nitrogens with zero attached hydrogens (tertiary/aromatic N) is 1. The fourth-order valence-corrected chi connectivity index (χ4v) is 3.56. The highest BCUT2D eigenvalue weighted by molar-refractivity contribution is 7.13. The van der Waals surface area contributed by atoms with Gasteiger partial charge in [0.2, 0.25) is 0 Å². The molecule has 7 heteroatoms. The molecule has 0 aliphatic carbocycles. The van der Waals surface area contributed by atoms with Crippen molar-refractivity contribution in [2.24, 2.45) is 0 Å². The number of amides is 1. The van der Waals surface area contributed by atoms with Crippen molar-refractivity contribution in [3.8, 4) is 10.6 Å². The second-order valence-electron chi connectivity index (χ2n) is 5.68. The third kappa shape index (κ3) is 3.56. The summed E-state index contributed by atoms with van der Waals surface area (Å²) < 4.78 is 27.6. The molecule has 0 radical (unpaired) electrons. The van der Waals surface area contributed by atoms with Crippen LogP contribution >= 0.6 is 11.3 Å². The Morgan fingerprint density at radius 2 is 2.13 bits per heavy atom. The van der Waals surface area contributed by atoms with Crippen molar-refractivity contribution in [2.45, 2.75) is 31.8 Å². The Balaban J connectivity index is 1.75. The predicted molar refractivity (Wildman–Crippen MR) is 85.4 cm³/mol. The fourth-order valence-electron chi connectivity index (χ4n) is 2.72. The number of nitrogens with one attached hydrogen (secondary N) is 2. The van der Waals surface area contributed by atoms with Gasteiger partial charge >= 0.3 is 0 Å². The minimum atomic E-state index is -0.682. The molecule has 0 saturated carbocycles. The number of halogens is 2. The Bertz CT molecular complexity index is 699. The van der Waals surface area contributed by atoms with Crippen molar-refractivity contribution < 1.29 is 13.6 Å². The molecule has 2 heterocycles. The van der Waals surface area contributed by atoms with Gasteiger partial charge in [-0.25, -0.2) is 13.8 Å². The summed E-state index contributed by atoms with van der Waals surface area (Å²) in [6.07, 6.45) is 1.71. The molecule has 1 aliphatic heterocycles. The van der Waals surface area contributed by atoms with Crippen molar-refractivity contribution in [1.82, 2.24) is 15.6 Å². The largest absolute Gasteiger partial charge is 0.348 e. The van der Waals surface area contributed by atoms with E-state index in [-0.39, 0.29) is 28.2 Å². The van der Waals surface area contributed by atoms with Gasteiger partial charge in [-0.1, -0.05) is 6.07 Å². The van der Waals surface area contributed by atoms with Crippen LogP contribution in [0.25, 0.3) is 10.6 Å². The fraction of sp³-hybridized carbons (Fsp3) is 0.375. The minimum absolute atomic E-state index is 0.0918. The zero-order valence-corrected chi connectivity index (χ0v) is 13.4.